The second-order valence-corrected chi connectivity index (χ2v) is 4.91. The van der Waals surface area contributed by atoms with Gasteiger partial charge in [0.2, 0.25) is 0 Å². The lowest BCUT2D eigenvalue weighted by Gasteiger charge is -2.16. The smallest absolute Gasteiger partial charge is 0.341 e. The lowest BCUT2D eigenvalue weighted by Crippen LogP contribution is -2.05. The molecule has 0 saturated carbocycles. The van der Waals surface area contributed by atoms with Crippen molar-refractivity contribution in [2.24, 2.45) is 0 Å². The van der Waals surface area contributed by atoms with Crippen LogP contribution in [0.2, 0.25) is 0 Å². The third-order valence-corrected chi connectivity index (χ3v) is 3.67. The molecule has 0 spiro atoms. The Labute approximate surface area is 129 Å². The van der Waals surface area contributed by atoms with Crippen molar-refractivity contribution in [3.8, 4) is 16.9 Å². The molecule has 3 aromatic carbocycles. The Morgan fingerprint density at radius 3 is 2.27 bits per heavy atom. The van der Waals surface area contributed by atoms with Crippen LogP contribution in [0.25, 0.3) is 21.9 Å². The molecule has 110 valence electrons. The number of methoxy groups -OCH3 is 2. The molecule has 0 amide bonds. The first kappa shape index (κ1) is 14.1. The number of fused-ring (bicyclic) bond motifs is 1. The monoisotopic (exact) mass is 292 g/mol. The Morgan fingerprint density at radius 1 is 0.909 bits per heavy atom. The topological polar surface area (TPSA) is 35.5 Å². The van der Waals surface area contributed by atoms with Crippen LogP contribution < -0.4 is 4.74 Å². The summed E-state index contributed by atoms with van der Waals surface area (Å²) in [6, 6.07) is 19.7. The van der Waals surface area contributed by atoms with Crippen LogP contribution >= 0.6 is 0 Å². The van der Waals surface area contributed by atoms with Gasteiger partial charge in [-0.05, 0) is 22.4 Å². The van der Waals surface area contributed by atoms with Crippen LogP contribution in [0.5, 0.6) is 5.75 Å². The summed E-state index contributed by atoms with van der Waals surface area (Å²) in [4.78, 5) is 12.1. The minimum absolute atomic E-state index is 0.403. The first-order valence-corrected chi connectivity index (χ1v) is 6.99. The molecule has 3 aromatic rings. The summed E-state index contributed by atoms with van der Waals surface area (Å²) in [5.74, 6) is 0.136. The maximum absolute atomic E-state index is 12.1. The zero-order valence-corrected chi connectivity index (χ0v) is 12.5. The molecule has 0 radical (unpaired) electrons. The van der Waals surface area contributed by atoms with Crippen LogP contribution in [0.4, 0.5) is 0 Å². The van der Waals surface area contributed by atoms with Crippen molar-refractivity contribution in [2.75, 3.05) is 14.2 Å². The number of ether oxygens (including phenoxy) is 2. The van der Waals surface area contributed by atoms with Crippen LogP contribution in [0.15, 0.2) is 60.7 Å². The third kappa shape index (κ3) is 2.31. The summed E-state index contributed by atoms with van der Waals surface area (Å²) < 4.78 is 10.5. The molecule has 0 fully saturated rings. The number of esters is 1. The van der Waals surface area contributed by atoms with Gasteiger partial charge in [-0.15, -0.1) is 0 Å². The molecule has 3 heteroatoms. The van der Waals surface area contributed by atoms with Crippen molar-refractivity contribution in [3.05, 3.63) is 66.2 Å². The van der Waals surface area contributed by atoms with Gasteiger partial charge in [0.15, 0.2) is 0 Å². The first-order valence-electron chi connectivity index (χ1n) is 6.99. The lowest BCUT2D eigenvalue weighted by atomic mass is 9.94. The quantitative estimate of drug-likeness (QED) is 0.675. The van der Waals surface area contributed by atoms with Crippen molar-refractivity contribution in [1.82, 2.24) is 0 Å². The minimum Gasteiger partial charge on any atom is -0.495 e. The number of hydrogen-bond acceptors (Lipinski definition) is 3. The van der Waals surface area contributed by atoms with E-state index in [1.165, 1.54) is 7.11 Å². The molecule has 0 aliphatic heterocycles. The summed E-state index contributed by atoms with van der Waals surface area (Å²) in [5, 5.41) is 2.01. The van der Waals surface area contributed by atoms with Gasteiger partial charge < -0.3 is 9.47 Å². The molecule has 0 N–H and O–H groups in total. The van der Waals surface area contributed by atoms with E-state index in [0.717, 1.165) is 21.9 Å². The number of hydrogen-bond donors (Lipinski definition) is 0. The molecular weight excluding hydrogens is 276 g/mol. The van der Waals surface area contributed by atoms with Crippen LogP contribution in [0.3, 0.4) is 0 Å². The van der Waals surface area contributed by atoms with E-state index in [1.807, 2.05) is 60.7 Å². The van der Waals surface area contributed by atoms with Gasteiger partial charge in [0.1, 0.15) is 11.3 Å². The molecule has 0 aliphatic carbocycles. The molecule has 3 nitrogen and oxygen atoms in total. The molecule has 0 aromatic heterocycles. The minimum atomic E-state index is -0.403. The van der Waals surface area contributed by atoms with Gasteiger partial charge in [0.05, 0.1) is 14.2 Å². The Morgan fingerprint density at radius 2 is 1.59 bits per heavy atom. The third-order valence-electron chi connectivity index (χ3n) is 3.67. The molecule has 0 bridgehead atoms. The van der Waals surface area contributed by atoms with Gasteiger partial charge in [0, 0.05) is 5.56 Å². The van der Waals surface area contributed by atoms with Crippen LogP contribution in [0, 0.1) is 0 Å². The van der Waals surface area contributed by atoms with Crippen molar-refractivity contribution in [2.45, 2.75) is 0 Å². The van der Waals surface area contributed by atoms with Crippen molar-refractivity contribution in [3.63, 3.8) is 0 Å². The van der Waals surface area contributed by atoms with E-state index in [9.17, 15) is 4.79 Å². The standard InChI is InChI=1S/C19H16O3/c1-21-18-16(19(20)22-2)12-14-10-6-7-11-15(14)17(18)13-8-4-3-5-9-13/h3-12H,1-2H3. The lowest BCUT2D eigenvalue weighted by molar-refractivity contribution is 0.0597. The highest BCUT2D eigenvalue weighted by Crippen LogP contribution is 2.40. The van der Waals surface area contributed by atoms with E-state index < -0.39 is 5.97 Å². The predicted octanol–water partition coefficient (Wildman–Crippen LogP) is 4.30. The molecule has 0 saturated heterocycles. The molecule has 0 aliphatic rings. The maximum Gasteiger partial charge on any atom is 0.341 e. The van der Waals surface area contributed by atoms with E-state index in [1.54, 1.807) is 7.11 Å². The van der Waals surface area contributed by atoms with Crippen molar-refractivity contribution >= 4 is 16.7 Å². The fourth-order valence-electron chi connectivity index (χ4n) is 2.69. The Kier molecular flexibility index (Phi) is 3.79. The van der Waals surface area contributed by atoms with E-state index in [-0.39, 0.29) is 0 Å². The highest BCUT2D eigenvalue weighted by atomic mass is 16.5. The number of carbonyl (C=O) groups is 1. The zero-order chi connectivity index (χ0) is 15.5. The Balaban J connectivity index is 2.43. The summed E-state index contributed by atoms with van der Waals surface area (Å²) in [6.07, 6.45) is 0. The second-order valence-electron chi connectivity index (χ2n) is 4.91. The van der Waals surface area contributed by atoms with Gasteiger partial charge in [-0.3, -0.25) is 0 Å². The average Bonchev–Trinajstić information content (AvgIpc) is 2.60. The van der Waals surface area contributed by atoms with Crippen molar-refractivity contribution in [1.29, 1.82) is 0 Å². The Hall–Kier alpha value is -2.81. The van der Waals surface area contributed by atoms with Crippen LogP contribution in [-0.4, -0.2) is 20.2 Å². The SMILES string of the molecule is COC(=O)c1cc2ccccc2c(-c2ccccc2)c1OC. The van der Waals surface area contributed by atoms with E-state index in [2.05, 4.69) is 0 Å². The number of benzene rings is 3. The fourth-order valence-corrected chi connectivity index (χ4v) is 2.69. The van der Waals surface area contributed by atoms with E-state index >= 15 is 0 Å². The summed E-state index contributed by atoms with van der Waals surface area (Å²) >= 11 is 0. The van der Waals surface area contributed by atoms with Gasteiger partial charge in [-0.1, -0.05) is 54.6 Å². The van der Waals surface area contributed by atoms with Crippen LogP contribution in [-0.2, 0) is 4.74 Å². The molecule has 22 heavy (non-hydrogen) atoms. The van der Waals surface area contributed by atoms with Gasteiger partial charge in [-0.25, -0.2) is 4.79 Å². The zero-order valence-electron chi connectivity index (χ0n) is 12.5. The molecule has 0 unspecified atom stereocenters. The normalized spacial score (nSPS) is 10.5. The second kappa shape index (κ2) is 5.90. The highest BCUT2D eigenvalue weighted by molar-refractivity contribution is 6.07. The van der Waals surface area contributed by atoms with Gasteiger partial charge in [0.25, 0.3) is 0 Å². The van der Waals surface area contributed by atoms with Crippen LogP contribution in [0.1, 0.15) is 10.4 Å². The fraction of sp³-hybridized carbons (Fsp3) is 0.105. The summed E-state index contributed by atoms with van der Waals surface area (Å²) in [5.41, 5.74) is 2.34. The first-order chi connectivity index (χ1) is 10.8. The maximum atomic E-state index is 12.1. The predicted molar refractivity (Wildman–Crippen MR) is 87.3 cm³/mol. The van der Waals surface area contributed by atoms with E-state index in [4.69, 9.17) is 9.47 Å². The van der Waals surface area contributed by atoms with E-state index in [0.29, 0.717) is 11.3 Å². The van der Waals surface area contributed by atoms with Crippen molar-refractivity contribution < 1.29 is 14.3 Å². The summed E-state index contributed by atoms with van der Waals surface area (Å²) in [7, 11) is 2.95. The number of rotatable bonds is 3. The Bertz CT molecular complexity index is 823. The molecule has 0 heterocycles. The highest BCUT2D eigenvalue weighted by Gasteiger charge is 2.20. The molecular formula is C19H16O3. The molecule has 3 rings (SSSR count). The average molecular weight is 292 g/mol. The summed E-state index contributed by atoms with van der Waals surface area (Å²) in [6.45, 7) is 0. The van der Waals surface area contributed by atoms with Gasteiger partial charge in [-0.2, -0.15) is 0 Å². The number of carbonyl (C=O) groups excluding carboxylic acids is 1. The van der Waals surface area contributed by atoms with Gasteiger partial charge >= 0.3 is 5.97 Å². The largest absolute Gasteiger partial charge is 0.495 e. The molecule has 0 atom stereocenters.